The van der Waals surface area contributed by atoms with Crippen LogP contribution in [-0.2, 0) is 22.4 Å². The van der Waals surface area contributed by atoms with Crippen LogP contribution >= 0.6 is 27.5 Å². The molecule has 0 aromatic heterocycles. The first-order valence-corrected chi connectivity index (χ1v) is 6.40. The minimum atomic E-state index is -0.223. The topological polar surface area (TPSA) is 26.3 Å². The third kappa shape index (κ3) is 3.80. The Morgan fingerprint density at radius 1 is 1.50 bits per heavy atom. The average molecular weight is 306 g/mol. The van der Waals surface area contributed by atoms with E-state index in [1.165, 1.54) is 7.11 Å². The molecule has 88 valence electrons. The lowest BCUT2D eigenvalue weighted by atomic mass is 10.0. The van der Waals surface area contributed by atoms with Crippen molar-refractivity contribution in [1.82, 2.24) is 0 Å². The van der Waals surface area contributed by atoms with Crippen molar-refractivity contribution in [3.8, 4) is 0 Å². The Labute approximate surface area is 109 Å². The summed E-state index contributed by atoms with van der Waals surface area (Å²) in [6.07, 6.45) is 2.09. The zero-order valence-corrected chi connectivity index (χ0v) is 11.5. The third-order valence-corrected chi connectivity index (χ3v) is 3.35. The van der Waals surface area contributed by atoms with Gasteiger partial charge in [-0.3, -0.25) is 4.79 Å². The fourth-order valence-corrected chi connectivity index (χ4v) is 2.19. The summed E-state index contributed by atoms with van der Waals surface area (Å²) < 4.78 is 5.63. The number of methoxy groups -OCH3 is 1. The highest BCUT2D eigenvalue weighted by Gasteiger charge is 2.11. The van der Waals surface area contributed by atoms with Gasteiger partial charge in [0.1, 0.15) is 0 Å². The Morgan fingerprint density at radius 2 is 2.25 bits per heavy atom. The first-order valence-electron chi connectivity index (χ1n) is 5.08. The maximum Gasteiger partial charge on any atom is 0.310 e. The molecule has 0 amide bonds. The molecule has 0 heterocycles. The molecule has 0 aliphatic carbocycles. The van der Waals surface area contributed by atoms with Gasteiger partial charge in [-0.1, -0.05) is 28.1 Å². The molecule has 1 rings (SSSR count). The van der Waals surface area contributed by atoms with Crippen LogP contribution in [0.2, 0.25) is 0 Å². The highest BCUT2D eigenvalue weighted by atomic mass is 79.9. The van der Waals surface area contributed by atoms with Crippen LogP contribution in [0.3, 0.4) is 0 Å². The summed E-state index contributed by atoms with van der Waals surface area (Å²) in [7, 11) is 1.40. The second kappa shape index (κ2) is 6.92. The van der Waals surface area contributed by atoms with Crippen molar-refractivity contribution in [3.63, 3.8) is 0 Å². The van der Waals surface area contributed by atoms with E-state index in [-0.39, 0.29) is 5.97 Å². The molecular formula is C12H14BrClO2. The first-order chi connectivity index (χ1) is 7.69. The molecule has 0 N–H and O–H groups in total. The van der Waals surface area contributed by atoms with E-state index in [1.807, 2.05) is 18.2 Å². The predicted octanol–water partition coefficient (Wildman–Crippen LogP) is 3.34. The van der Waals surface area contributed by atoms with Crippen LogP contribution in [0.4, 0.5) is 0 Å². The third-order valence-electron chi connectivity index (χ3n) is 2.34. The van der Waals surface area contributed by atoms with E-state index in [0.717, 1.165) is 28.4 Å². The summed E-state index contributed by atoms with van der Waals surface area (Å²) in [6, 6.07) is 5.92. The second-order valence-electron chi connectivity index (χ2n) is 3.42. The molecule has 16 heavy (non-hydrogen) atoms. The Hall–Kier alpha value is -0.540. The van der Waals surface area contributed by atoms with Crippen molar-refractivity contribution >= 4 is 33.5 Å². The van der Waals surface area contributed by atoms with Gasteiger partial charge in [0.2, 0.25) is 0 Å². The quantitative estimate of drug-likeness (QED) is 0.616. The number of halogens is 2. The molecule has 4 heteroatoms. The van der Waals surface area contributed by atoms with Crippen molar-refractivity contribution in [2.45, 2.75) is 19.3 Å². The van der Waals surface area contributed by atoms with Crippen LogP contribution in [0.15, 0.2) is 22.7 Å². The van der Waals surface area contributed by atoms with Crippen LogP contribution < -0.4 is 0 Å². The van der Waals surface area contributed by atoms with Crippen molar-refractivity contribution < 1.29 is 9.53 Å². The number of hydrogen-bond donors (Lipinski definition) is 0. The lowest BCUT2D eigenvalue weighted by molar-refractivity contribution is -0.139. The molecule has 1 aromatic rings. The van der Waals surface area contributed by atoms with Gasteiger partial charge in [0, 0.05) is 10.4 Å². The number of alkyl halides is 1. The molecular weight excluding hydrogens is 291 g/mol. The smallest absolute Gasteiger partial charge is 0.310 e. The number of esters is 1. The Morgan fingerprint density at radius 3 is 2.88 bits per heavy atom. The number of hydrogen-bond acceptors (Lipinski definition) is 2. The molecule has 1 aromatic carbocycles. The molecule has 0 unspecified atom stereocenters. The van der Waals surface area contributed by atoms with Gasteiger partial charge in [-0.2, -0.15) is 0 Å². The Kier molecular flexibility index (Phi) is 5.85. The number of aryl methyl sites for hydroxylation is 1. The predicted molar refractivity (Wildman–Crippen MR) is 68.9 cm³/mol. The van der Waals surface area contributed by atoms with Crippen LogP contribution in [0, 0.1) is 0 Å². The number of ether oxygens (including phenoxy) is 1. The molecule has 0 aliphatic heterocycles. The maximum absolute atomic E-state index is 11.3. The van der Waals surface area contributed by atoms with Crippen molar-refractivity contribution in [2.75, 3.05) is 13.0 Å². The van der Waals surface area contributed by atoms with E-state index in [2.05, 4.69) is 20.7 Å². The van der Waals surface area contributed by atoms with Gasteiger partial charge in [-0.15, -0.1) is 11.6 Å². The lowest BCUT2D eigenvalue weighted by Crippen LogP contribution is -2.08. The molecule has 2 nitrogen and oxygen atoms in total. The summed E-state index contributed by atoms with van der Waals surface area (Å²) in [5.41, 5.74) is 2.15. The van der Waals surface area contributed by atoms with E-state index >= 15 is 0 Å². The zero-order chi connectivity index (χ0) is 12.0. The molecule has 0 bridgehead atoms. The van der Waals surface area contributed by atoms with Gasteiger partial charge >= 0.3 is 5.97 Å². The van der Waals surface area contributed by atoms with E-state index in [4.69, 9.17) is 11.6 Å². The van der Waals surface area contributed by atoms with Crippen molar-refractivity contribution in [3.05, 3.63) is 33.8 Å². The minimum Gasteiger partial charge on any atom is -0.469 e. The summed E-state index contributed by atoms with van der Waals surface area (Å²) in [5.74, 6) is 0.406. The van der Waals surface area contributed by atoms with Crippen LogP contribution in [0.25, 0.3) is 0 Å². The van der Waals surface area contributed by atoms with Gasteiger partial charge in [0.25, 0.3) is 0 Å². The van der Waals surface area contributed by atoms with Crippen LogP contribution in [0.5, 0.6) is 0 Å². The zero-order valence-electron chi connectivity index (χ0n) is 9.13. The van der Waals surface area contributed by atoms with Crippen LogP contribution in [-0.4, -0.2) is 19.0 Å². The molecule has 0 aliphatic rings. The van der Waals surface area contributed by atoms with E-state index in [9.17, 15) is 4.79 Å². The highest BCUT2D eigenvalue weighted by Crippen LogP contribution is 2.22. The SMILES string of the molecule is COC(=O)Cc1c(Br)cccc1CCCCl. The first kappa shape index (κ1) is 13.5. The summed E-state index contributed by atoms with van der Waals surface area (Å²) in [4.78, 5) is 11.3. The molecule has 0 saturated carbocycles. The molecule has 0 fully saturated rings. The largest absolute Gasteiger partial charge is 0.469 e. The minimum absolute atomic E-state index is 0.223. The van der Waals surface area contributed by atoms with Gasteiger partial charge in [-0.25, -0.2) is 0 Å². The number of carbonyl (C=O) groups is 1. The molecule has 0 atom stereocenters. The normalized spacial score (nSPS) is 10.2. The van der Waals surface area contributed by atoms with Gasteiger partial charge in [-0.05, 0) is 30.0 Å². The molecule has 0 saturated heterocycles. The van der Waals surface area contributed by atoms with Crippen molar-refractivity contribution in [1.29, 1.82) is 0 Å². The molecule has 0 spiro atoms. The summed E-state index contributed by atoms with van der Waals surface area (Å²) in [5, 5.41) is 0. The molecule has 0 radical (unpaired) electrons. The number of benzene rings is 1. The van der Waals surface area contributed by atoms with E-state index in [1.54, 1.807) is 0 Å². The summed E-state index contributed by atoms with van der Waals surface area (Å²) >= 11 is 9.13. The van der Waals surface area contributed by atoms with E-state index in [0.29, 0.717) is 12.3 Å². The van der Waals surface area contributed by atoms with Gasteiger partial charge in [0.15, 0.2) is 0 Å². The van der Waals surface area contributed by atoms with E-state index < -0.39 is 0 Å². The Balaban J connectivity index is 2.89. The number of carbonyl (C=O) groups excluding carboxylic acids is 1. The number of rotatable bonds is 5. The van der Waals surface area contributed by atoms with Gasteiger partial charge < -0.3 is 4.74 Å². The standard InChI is InChI=1S/C12H14BrClO2/c1-16-12(15)8-10-9(5-3-7-14)4-2-6-11(10)13/h2,4,6H,3,5,7-8H2,1H3. The highest BCUT2D eigenvalue weighted by molar-refractivity contribution is 9.10. The fourth-order valence-electron chi connectivity index (χ4n) is 1.51. The second-order valence-corrected chi connectivity index (χ2v) is 4.66. The van der Waals surface area contributed by atoms with Gasteiger partial charge in [0.05, 0.1) is 13.5 Å². The van der Waals surface area contributed by atoms with Crippen molar-refractivity contribution in [2.24, 2.45) is 0 Å². The fraction of sp³-hybridized carbons (Fsp3) is 0.417. The lowest BCUT2D eigenvalue weighted by Gasteiger charge is -2.10. The average Bonchev–Trinajstić information content (AvgIpc) is 2.29. The summed E-state index contributed by atoms with van der Waals surface area (Å²) in [6.45, 7) is 0. The maximum atomic E-state index is 11.3. The monoisotopic (exact) mass is 304 g/mol. The van der Waals surface area contributed by atoms with Crippen LogP contribution in [0.1, 0.15) is 17.5 Å². The Bertz CT molecular complexity index is 366.